The van der Waals surface area contributed by atoms with Crippen LogP contribution in [0.5, 0.6) is 5.75 Å². The van der Waals surface area contributed by atoms with Crippen molar-refractivity contribution in [3.8, 4) is 5.75 Å². The number of alkyl halides is 2. The zero-order valence-corrected chi connectivity index (χ0v) is 26.7. The normalized spacial score (nSPS) is 18.0. The van der Waals surface area contributed by atoms with Gasteiger partial charge in [0.2, 0.25) is 5.92 Å². The third-order valence-corrected chi connectivity index (χ3v) is 10.1. The van der Waals surface area contributed by atoms with E-state index >= 15 is 0 Å². The van der Waals surface area contributed by atoms with Gasteiger partial charge in [-0.15, -0.1) is 13.1 Å². The maximum Gasteiger partial charge on any atom is 0.337 e. The molecule has 0 saturated carbocycles. The smallest absolute Gasteiger partial charge is 0.337 e. The summed E-state index contributed by atoms with van der Waals surface area (Å²) in [7, 11) is -1.02. The fourth-order valence-electron chi connectivity index (χ4n) is 5.96. The number of benzene rings is 3. The van der Waals surface area contributed by atoms with Crippen LogP contribution in [0.3, 0.4) is 0 Å². The van der Waals surface area contributed by atoms with Gasteiger partial charge in [0.1, 0.15) is 5.75 Å². The molecule has 1 atom stereocenters. The summed E-state index contributed by atoms with van der Waals surface area (Å²) < 4.78 is 68.6. The van der Waals surface area contributed by atoms with Crippen molar-refractivity contribution in [2.45, 2.75) is 56.5 Å². The minimum atomic E-state index is -3.90. The van der Waals surface area contributed by atoms with Crippen molar-refractivity contribution in [1.29, 1.82) is 0 Å². The molecule has 1 unspecified atom stereocenters. The molecule has 0 spiro atoms. The zero-order valence-electron chi connectivity index (χ0n) is 25.9. The SMILES string of the molecule is COC(=O)c1ccc(C2C[N-]CCC(F)(F)CCCN2Cc2c(OC)cc(C)c3c2ccn3S(=O)(=O)c2ccc(C)cc2)cc1. The summed E-state index contributed by atoms with van der Waals surface area (Å²) in [6, 6.07) is 17.1. The topological polar surface area (TPSA) is 91.9 Å². The van der Waals surface area contributed by atoms with E-state index in [1.54, 1.807) is 55.8 Å². The number of hydrogen-bond donors (Lipinski definition) is 0. The van der Waals surface area contributed by atoms with Crippen LogP contribution in [0.2, 0.25) is 0 Å². The fourth-order valence-corrected chi connectivity index (χ4v) is 7.37. The van der Waals surface area contributed by atoms with Gasteiger partial charge < -0.3 is 14.8 Å². The van der Waals surface area contributed by atoms with E-state index in [9.17, 15) is 22.0 Å². The molecule has 0 N–H and O–H groups in total. The van der Waals surface area contributed by atoms with Crippen molar-refractivity contribution >= 4 is 26.9 Å². The highest BCUT2D eigenvalue weighted by Crippen LogP contribution is 2.38. The second-order valence-electron chi connectivity index (χ2n) is 11.5. The minimum Gasteiger partial charge on any atom is -0.661 e. The third kappa shape index (κ3) is 6.90. The second kappa shape index (κ2) is 13.3. The Morgan fingerprint density at radius 3 is 2.40 bits per heavy atom. The number of ether oxygens (including phenoxy) is 2. The Kier molecular flexibility index (Phi) is 9.62. The van der Waals surface area contributed by atoms with E-state index in [1.807, 2.05) is 32.0 Å². The molecule has 3 aromatic carbocycles. The molecule has 1 saturated heterocycles. The Hall–Kier alpha value is -3.80. The molecule has 11 heteroatoms. The predicted molar refractivity (Wildman–Crippen MR) is 170 cm³/mol. The summed E-state index contributed by atoms with van der Waals surface area (Å²) in [6.45, 7) is 4.68. The lowest BCUT2D eigenvalue weighted by Gasteiger charge is -2.39. The number of nitrogens with zero attached hydrogens (tertiary/aromatic N) is 3. The Balaban J connectivity index is 1.59. The first-order valence-electron chi connectivity index (χ1n) is 14.9. The lowest BCUT2D eigenvalue weighted by atomic mass is 9.98. The lowest BCUT2D eigenvalue weighted by Crippen LogP contribution is -2.34. The van der Waals surface area contributed by atoms with Crippen molar-refractivity contribution in [2.24, 2.45) is 0 Å². The molecule has 0 bridgehead atoms. The van der Waals surface area contributed by atoms with Crippen LogP contribution in [-0.2, 0) is 21.3 Å². The van der Waals surface area contributed by atoms with E-state index in [0.29, 0.717) is 35.3 Å². The van der Waals surface area contributed by atoms with Crippen molar-refractivity contribution in [3.63, 3.8) is 0 Å². The van der Waals surface area contributed by atoms with Gasteiger partial charge in [0.25, 0.3) is 10.0 Å². The van der Waals surface area contributed by atoms with Gasteiger partial charge in [-0.05, 0) is 80.8 Å². The van der Waals surface area contributed by atoms with Crippen LogP contribution in [0.1, 0.15) is 57.9 Å². The molecular formula is C34H38F2N3O5S-. The number of fused-ring (bicyclic) bond motifs is 1. The Morgan fingerprint density at radius 1 is 1.02 bits per heavy atom. The molecule has 0 amide bonds. The maximum absolute atomic E-state index is 14.5. The van der Waals surface area contributed by atoms with Gasteiger partial charge in [0, 0.05) is 36.2 Å². The van der Waals surface area contributed by atoms with Crippen LogP contribution in [-0.4, -0.2) is 63.0 Å². The van der Waals surface area contributed by atoms with Crippen molar-refractivity contribution in [3.05, 3.63) is 100.0 Å². The van der Waals surface area contributed by atoms with Crippen LogP contribution in [0.25, 0.3) is 16.2 Å². The van der Waals surface area contributed by atoms with Gasteiger partial charge in [-0.3, -0.25) is 4.90 Å². The van der Waals surface area contributed by atoms with Crippen LogP contribution in [0.4, 0.5) is 8.78 Å². The van der Waals surface area contributed by atoms with Crippen molar-refractivity contribution < 1.29 is 31.5 Å². The molecule has 8 nitrogen and oxygen atoms in total. The molecule has 0 radical (unpaired) electrons. The number of halogens is 2. The molecule has 4 aromatic rings. The van der Waals surface area contributed by atoms with E-state index in [2.05, 4.69) is 10.2 Å². The number of carbonyl (C=O) groups is 1. The second-order valence-corrected chi connectivity index (χ2v) is 13.3. The van der Waals surface area contributed by atoms with Gasteiger partial charge in [0.05, 0.1) is 30.2 Å². The Morgan fingerprint density at radius 2 is 1.73 bits per heavy atom. The Bertz CT molecular complexity index is 1770. The monoisotopic (exact) mass is 638 g/mol. The number of hydrogen-bond acceptors (Lipinski definition) is 6. The van der Waals surface area contributed by atoms with Crippen LogP contribution in [0, 0.1) is 13.8 Å². The molecule has 1 aliphatic heterocycles. The minimum absolute atomic E-state index is 0.0371. The highest BCUT2D eigenvalue weighted by molar-refractivity contribution is 7.90. The molecule has 5 rings (SSSR count). The van der Waals surface area contributed by atoms with E-state index in [1.165, 1.54) is 11.1 Å². The number of carbonyl (C=O) groups excluding carboxylic acids is 1. The van der Waals surface area contributed by atoms with Gasteiger partial charge in [-0.1, -0.05) is 29.8 Å². The summed E-state index contributed by atoms with van der Waals surface area (Å²) in [4.78, 5) is 14.3. The average molecular weight is 639 g/mol. The molecule has 0 aliphatic carbocycles. The van der Waals surface area contributed by atoms with Gasteiger partial charge in [-0.25, -0.2) is 26.0 Å². The number of methoxy groups -OCH3 is 2. The first-order valence-corrected chi connectivity index (χ1v) is 16.3. The van der Waals surface area contributed by atoms with Gasteiger partial charge in [-0.2, -0.15) is 0 Å². The summed E-state index contributed by atoms with van der Waals surface area (Å²) in [5, 5.41) is 5.21. The van der Waals surface area contributed by atoms with E-state index in [-0.39, 0.29) is 43.3 Å². The first kappa shape index (κ1) is 32.6. The zero-order chi connectivity index (χ0) is 32.4. The highest BCUT2D eigenvalue weighted by atomic mass is 32.2. The fraction of sp³-hybridized carbons (Fsp3) is 0.382. The van der Waals surface area contributed by atoms with Gasteiger partial charge in [0.15, 0.2) is 0 Å². The number of aromatic nitrogens is 1. The Labute approximate surface area is 263 Å². The number of aryl methyl sites for hydroxylation is 2. The lowest BCUT2D eigenvalue weighted by molar-refractivity contribution is -0.0188. The van der Waals surface area contributed by atoms with E-state index in [4.69, 9.17) is 9.47 Å². The van der Waals surface area contributed by atoms with Crippen LogP contribution < -0.4 is 4.74 Å². The summed E-state index contributed by atoms with van der Waals surface area (Å²) in [6.07, 6.45) is 1.25. The average Bonchev–Trinajstić information content (AvgIpc) is 3.49. The summed E-state index contributed by atoms with van der Waals surface area (Å²) in [5.41, 5.74) is 4.23. The summed E-state index contributed by atoms with van der Waals surface area (Å²) in [5.74, 6) is -2.68. The maximum atomic E-state index is 14.5. The molecule has 2 heterocycles. The largest absolute Gasteiger partial charge is 0.661 e. The van der Waals surface area contributed by atoms with Crippen molar-refractivity contribution in [2.75, 3.05) is 33.9 Å². The molecule has 240 valence electrons. The van der Waals surface area contributed by atoms with Crippen LogP contribution >= 0.6 is 0 Å². The number of esters is 1. The molecule has 1 aliphatic rings. The first-order chi connectivity index (χ1) is 21.4. The third-order valence-electron chi connectivity index (χ3n) is 8.44. The molecule has 1 aromatic heterocycles. The predicted octanol–water partition coefficient (Wildman–Crippen LogP) is 7.03. The number of rotatable bonds is 7. The quantitative estimate of drug-likeness (QED) is 0.202. The molecule has 1 fully saturated rings. The highest BCUT2D eigenvalue weighted by Gasteiger charge is 2.30. The standard InChI is InChI=1S/C34H38F2N3O5S/c1-23-6-12-27(13-7-23)45(41,42)39-19-14-28-29(31(43-3)20-24(2)32(28)39)22-38-18-5-15-34(35,36)16-17-37-21-30(38)25-8-10-26(11-9-25)33(40)44-4/h6-14,19-20,30H,5,15-18,21-22H2,1-4H3/q-1. The van der Waals surface area contributed by atoms with E-state index in [0.717, 1.165) is 22.3 Å². The molecular weight excluding hydrogens is 600 g/mol. The van der Waals surface area contributed by atoms with Gasteiger partial charge >= 0.3 is 5.97 Å². The summed E-state index contributed by atoms with van der Waals surface area (Å²) >= 11 is 0. The van der Waals surface area contributed by atoms with Crippen molar-refractivity contribution in [1.82, 2.24) is 8.87 Å². The van der Waals surface area contributed by atoms with Crippen LogP contribution in [0.15, 0.2) is 71.8 Å². The van der Waals surface area contributed by atoms with E-state index < -0.39 is 21.9 Å². The molecule has 45 heavy (non-hydrogen) atoms.